The number of nitrogens with zero attached hydrogens (tertiary/aromatic N) is 2. The molecular formula is C16H20N2O4S. The van der Waals surface area contributed by atoms with Crippen molar-refractivity contribution in [3.8, 4) is 0 Å². The van der Waals surface area contributed by atoms with Crippen molar-refractivity contribution in [3.05, 3.63) is 35.9 Å². The van der Waals surface area contributed by atoms with Crippen molar-refractivity contribution in [3.63, 3.8) is 0 Å². The molecule has 7 heteroatoms. The Bertz CT molecular complexity index is 736. The molecule has 0 aliphatic carbocycles. The van der Waals surface area contributed by atoms with Gasteiger partial charge in [-0.2, -0.15) is 4.31 Å². The highest BCUT2D eigenvalue weighted by molar-refractivity contribution is 7.90. The van der Waals surface area contributed by atoms with Gasteiger partial charge in [0, 0.05) is 26.6 Å². The first kappa shape index (κ1) is 15.1. The van der Waals surface area contributed by atoms with Crippen molar-refractivity contribution < 1.29 is 17.9 Å². The molecule has 1 aromatic carbocycles. The number of carbonyl (C=O) groups excluding carboxylic acids is 1. The number of carbonyl (C=O) groups is 1. The maximum Gasteiger partial charge on any atom is 0.220 e. The number of hydrogen-bond donors (Lipinski definition) is 0. The van der Waals surface area contributed by atoms with Crippen LogP contribution in [0.5, 0.6) is 0 Å². The van der Waals surface area contributed by atoms with Crippen LogP contribution >= 0.6 is 0 Å². The van der Waals surface area contributed by atoms with Crippen molar-refractivity contribution in [2.45, 2.75) is 36.8 Å². The van der Waals surface area contributed by atoms with E-state index in [1.165, 1.54) is 11.2 Å². The molecule has 3 heterocycles. The molecule has 1 spiro atoms. The molecule has 3 aliphatic heterocycles. The molecule has 3 atom stereocenters. The molecule has 3 aliphatic rings. The van der Waals surface area contributed by atoms with E-state index in [0.29, 0.717) is 32.6 Å². The van der Waals surface area contributed by atoms with Gasteiger partial charge in [0.25, 0.3) is 0 Å². The maximum atomic E-state index is 12.9. The maximum absolute atomic E-state index is 12.9. The Morgan fingerprint density at radius 2 is 2.04 bits per heavy atom. The van der Waals surface area contributed by atoms with E-state index >= 15 is 0 Å². The molecule has 0 saturated carbocycles. The molecule has 124 valence electrons. The fourth-order valence-electron chi connectivity index (χ4n) is 4.12. The third-order valence-electron chi connectivity index (χ3n) is 5.16. The monoisotopic (exact) mass is 336 g/mol. The van der Waals surface area contributed by atoms with Crippen LogP contribution in [0.25, 0.3) is 0 Å². The minimum atomic E-state index is -3.41. The van der Waals surface area contributed by atoms with Crippen LogP contribution in [0.2, 0.25) is 0 Å². The molecule has 0 radical (unpaired) electrons. The summed E-state index contributed by atoms with van der Waals surface area (Å²) < 4.78 is 33.5. The first-order chi connectivity index (χ1) is 10.9. The topological polar surface area (TPSA) is 66.9 Å². The average molecular weight is 336 g/mol. The lowest BCUT2D eigenvalue weighted by Gasteiger charge is -2.39. The molecule has 23 heavy (non-hydrogen) atoms. The minimum absolute atomic E-state index is 0.0165. The number of sulfonamides is 1. The zero-order valence-corrected chi connectivity index (χ0v) is 13.8. The lowest BCUT2D eigenvalue weighted by molar-refractivity contribution is -0.148. The van der Waals surface area contributed by atoms with E-state index in [9.17, 15) is 13.2 Å². The number of fused-ring (bicyclic) bond motifs is 1. The molecule has 6 nitrogen and oxygen atoms in total. The second-order valence-electron chi connectivity index (χ2n) is 6.73. The van der Waals surface area contributed by atoms with Gasteiger partial charge in [0.1, 0.15) is 10.9 Å². The lowest BCUT2D eigenvalue weighted by Crippen LogP contribution is -2.56. The van der Waals surface area contributed by atoms with Gasteiger partial charge in [-0.3, -0.25) is 4.79 Å². The predicted octanol–water partition coefficient (Wildman–Crippen LogP) is 0.590. The van der Waals surface area contributed by atoms with Crippen LogP contribution in [-0.4, -0.2) is 60.1 Å². The summed E-state index contributed by atoms with van der Waals surface area (Å²) >= 11 is 0. The molecule has 4 rings (SSSR count). The van der Waals surface area contributed by atoms with E-state index in [4.69, 9.17) is 4.74 Å². The Morgan fingerprint density at radius 3 is 2.74 bits per heavy atom. The van der Waals surface area contributed by atoms with Gasteiger partial charge in [-0.05, 0) is 12.0 Å². The van der Waals surface area contributed by atoms with E-state index in [0.717, 1.165) is 5.56 Å². The Hall–Kier alpha value is -1.44. The highest BCUT2D eigenvalue weighted by Gasteiger charge is 2.65. The summed E-state index contributed by atoms with van der Waals surface area (Å²) in [4.78, 5) is 13.5. The van der Waals surface area contributed by atoms with Gasteiger partial charge < -0.3 is 9.64 Å². The first-order valence-corrected chi connectivity index (χ1v) is 9.37. The van der Waals surface area contributed by atoms with E-state index in [-0.39, 0.29) is 12.0 Å². The molecule has 0 N–H and O–H groups in total. The number of hydrogen-bond acceptors (Lipinski definition) is 4. The zero-order valence-electron chi connectivity index (χ0n) is 13.0. The highest BCUT2D eigenvalue weighted by Crippen LogP contribution is 2.46. The largest absolute Gasteiger partial charge is 0.365 e. The van der Waals surface area contributed by atoms with Gasteiger partial charge >= 0.3 is 0 Å². The molecule has 1 aromatic rings. The predicted molar refractivity (Wildman–Crippen MR) is 84.0 cm³/mol. The van der Waals surface area contributed by atoms with Crippen LogP contribution in [0.3, 0.4) is 0 Å². The van der Waals surface area contributed by atoms with Gasteiger partial charge in [-0.1, -0.05) is 30.3 Å². The third-order valence-corrected chi connectivity index (χ3v) is 7.48. The standard InChI is InChI=1S/C16H20N2O4S/c1-12(19)17-9-14-7-15-16(10-17,22-14)11-18(23(15,20)21)8-13-5-3-2-4-6-13/h2-6,14-15H,7-11H2,1H3/t14-,15+,16+/m1/s1. The van der Waals surface area contributed by atoms with Crippen LogP contribution in [0.15, 0.2) is 30.3 Å². The fourth-order valence-corrected chi connectivity index (χ4v) is 6.41. The van der Waals surface area contributed by atoms with Crippen LogP contribution in [-0.2, 0) is 26.1 Å². The van der Waals surface area contributed by atoms with E-state index in [2.05, 4.69) is 0 Å². The first-order valence-electron chi connectivity index (χ1n) is 7.87. The van der Waals surface area contributed by atoms with Gasteiger partial charge in [0.15, 0.2) is 0 Å². The van der Waals surface area contributed by atoms with Crippen molar-refractivity contribution in [2.75, 3.05) is 19.6 Å². The summed E-state index contributed by atoms with van der Waals surface area (Å²) in [6.07, 6.45) is 0.323. The Kier molecular flexibility index (Phi) is 3.30. The normalized spacial score (nSPS) is 35.3. The Morgan fingerprint density at radius 1 is 1.30 bits per heavy atom. The van der Waals surface area contributed by atoms with Crippen LogP contribution in [0, 0.1) is 0 Å². The lowest BCUT2D eigenvalue weighted by atomic mass is 9.99. The summed E-state index contributed by atoms with van der Waals surface area (Å²) in [6, 6.07) is 9.57. The van der Waals surface area contributed by atoms with Gasteiger partial charge in [-0.15, -0.1) is 0 Å². The van der Waals surface area contributed by atoms with Crippen molar-refractivity contribution in [1.29, 1.82) is 0 Å². The SMILES string of the molecule is CC(=O)N1C[C@H]2C[C@H]3[C@](C1)(CN(Cc1ccccc1)S3(=O)=O)O2. The Balaban J connectivity index is 1.63. The zero-order chi connectivity index (χ0) is 16.2. The minimum Gasteiger partial charge on any atom is -0.365 e. The van der Waals surface area contributed by atoms with Gasteiger partial charge in [-0.25, -0.2) is 8.42 Å². The fraction of sp³-hybridized carbons (Fsp3) is 0.562. The number of likely N-dealkylation sites (tertiary alicyclic amines) is 1. The smallest absolute Gasteiger partial charge is 0.220 e. The molecule has 3 fully saturated rings. The van der Waals surface area contributed by atoms with Gasteiger partial charge in [0.2, 0.25) is 15.9 Å². The van der Waals surface area contributed by atoms with Crippen molar-refractivity contribution >= 4 is 15.9 Å². The van der Waals surface area contributed by atoms with Crippen LogP contribution in [0.4, 0.5) is 0 Å². The quantitative estimate of drug-likeness (QED) is 0.793. The summed E-state index contributed by atoms with van der Waals surface area (Å²) in [5, 5.41) is -0.534. The second-order valence-corrected chi connectivity index (χ2v) is 8.84. The van der Waals surface area contributed by atoms with Crippen molar-refractivity contribution in [1.82, 2.24) is 9.21 Å². The molecule has 1 amide bonds. The molecule has 0 aromatic heterocycles. The average Bonchev–Trinajstić information content (AvgIpc) is 2.87. The van der Waals surface area contributed by atoms with E-state index < -0.39 is 20.9 Å². The molecule has 2 bridgehead atoms. The number of amides is 1. The second kappa shape index (κ2) is 5.03. The third kappa shape index (κ3) is 2.29. The number of ether oxygens (including phenoxy) is 1. The number of rotatable bonds is 2. The highest BCUT2D eigenvalue weighted by atomic mass is 32.2. The summed E-state index contributed by atoms with van der Waals surface area (Å²) in [5.74, 6) is -0.0165. The van der Waals surface area contributed by atoms with Crippen LogP contribution < -0.4 is 0 Å². The number of morpholine rings is 1. The van der Waals surface area contributed by atoms with Gasteiger partial charge in [0.05, 0.1) is 12.6 Å². The molecular weight excluding hydrogens is 316 g/mol. The number of benzene rings is 1. The summed E-state index contributed by atoms with van der Waals surface area (Å²) in [5.41, 5.74) is 0.200. The Labute approximate surface area is 136 Å². The van der Waals surface area contributed by atoms with Crippen LogP contribution in [0.1, 0.15) is 18.9 Å². The summed E-state index contributed by atoms with van der Waals surface area (Å²) in [6.45, 7) is 3.09. The molecule has 0 unspecified atom stereocenters. The molecule has 3 saturated heterocycles. The van der Waals surface area contributed by atoms with Crippen molar-refractivity contribution in [2.24, 2.45) is 0 Å². The van der Waals surface area contributed by atoms with E-state index in [1.807, 2.05) is 30.3 Å². The summed E-state index contributed by atoms with van der Waals surface area (Å²) in [7, 11) is -3.41. The van der Waals surface area contributed by atoms with E-state index in [1.54, 1.807) is 4.90 Å².